The molecule has 0 saturated heterocycles. The fourth-order valence-corrected chi connectivity index (χ4v) is 3.17. The summed E-state index contributed by atoms with van der Waals surface area (Å²) in [6.07, 6.45) is 7.29. The van der Waals surface area contributed by atoms with E-state index in [1.165, 1.54) is 43.2 Å². The van der Waals surface area contributed by atoms with Crippen molar-refractivity contribution in [2.24, 2.45) is 0 Å². The second-order valence-corrected chi connectivity index (χ2v) is 6.42. The fraction of sp³-hybridized carbons (Fsp3) is 0.667. The van der Waals surface area contributed by atoms with Gasteiger partial charge in [-0.05, 0) is 56.8 Å². The molecular formula is C18H29NO. The van der Waals surface area contributed by atoms with Gasteiger partial charge < -0.3 is 10.0 Å². The lowest BCUT2D eigenvalue weighted by Gasteiger charge is -2.31. The highest BCUT2D eigenvalue weighted by Crippen LogP contribution is 2.24. The van der Waals surface area contributed by atoms with Crippen molar-refractivity contribution in [3.63, 3.8) is 0 Å². The van der Waals surface area contributed by atoms with Crippen molar-refractivity contribution in [1.82, 2.24) is 4.90 Å². The number of benzene rings is 1. The summed E-state index contributed by atoms with van der Waals surface area (Å²) in [4.78, 5) is 2.45. The lowest BCUT2D eigenvalue weighted by atomic mass is 9.94. The summed E-state index contributed by atoms with van der Waals surface area (Å²) < 4.78 is 0. The molecular weight excluding hydrogens is 246 g/mol. The van der Waals surface area contributed by atoms with Crippen LogP contribution in [0.2, 0.25) is 0 Å². The van der Waals surface area contributed by atoms with Crippen molar-refractivity contribution in [2.45, 2.75) is 64.5 Å². The lowest BCUT2D eigenvalue weighted by molar-refractivity contribution is 0.125. The van der Waals surface area contributed by atoms with Gasteiger partial charge in [0.15, 0.2) is 0 Å². The maximum atomic E-state index is 10.4. The third-order valence-electron chi connectivity index (χ3n) is 4.87. The number of aliphatic hydroxyl groups excluding tert-OH is 1. The molecule has 1 aromatic carbocycles. The summed E-state index contributed by atoms with van der Waals surface area (Å²) in [6, 6.07) is 7.03. The first-order chi connectivity index (χ1) is 9.58. The molecule has 0 amide bonds. The molecule has 20 heavy (non-hydrogen) atoms. The lowest BCUT2D eigenvalue weighted by Crippen LogP contribution is -2.34. The molecule has 2 rings (SSSR count). The molecule has 0 aliphatic heterocycles. The van der Waals surface area contributed by atoms with E-state index in [-0.39, 0.29) is 6.10 Å². The van der Waals surface area contributed by atoms with Gasteiger partial charge in [-0.1, -0.05) is 37.5 Å². The van der Waals surface area contributed by atoms with Gasteiger partial charge in [0.1, 0.15) is 0 Å². The molecule has 2 nitrogen and oxygen atoms in total. The monoisotopic (exact) mass is 275 g/mol. The Morgan fingerprint density at radius 2 is 1.85 bits per heavy atom. The third-order valence-corrected chi connectivity index (χ3v) is 4.87. The topological polar surface area (TPSA) is 23.5 Å². The zero-order chi connectivity index (χ0) is 14.5. The molecule has 1 aromatic rings. The van der Waals surface area contributed by atoms with E-state index >= 15 is 0 Å². The number of hydrogen-bond donors (Lipinski definition) is 1. The van der Waals surface area contributed by atoms with Gasteiger partial charge in [-0.25, -0.2) is 0 Å². The Kier molecular flexibility index (Phi) is 5.62. The van der Waals surface area contributed by atoms with Crippen LogP contribution in [0.4, 0.5) is 0 Å². The Bertz CT molecular complexity index is 423. The minimum atomic E-state index is -0.333. The molecule has 2 heteroatoms. The largest absolute Gasteiger partial charge is 0.388 e. The minimum Gasteiger partial charge on any atom is -0.388 e. The van der Waals surface area contributed by atoms with Gasteiger partial charge in [0.05, 0.1) is 6.10 Å². The second-order valence-electron chi connectivity index (χ2n) is 6.42. The second kappa shape index (κ2) is 7.24. The van der Waals surface area contributed by atoms with Crippen molar-refractivity contribution >= 4 is 0 Å². The van der Waals surface area contributed by atoms with Gasteiger partial charge in [-0.2, -0.15) is 0 Å². The molecule has 0 heterocycles. The summed E-state index contributed by atoms with van der Waals surface area (Å²) in [7, 11) is 2.21. The summed E-state index contributed by atoms with van der Waals surface area (Å²) >= 11 is 0. The van der Waals surface area contributed by atoms with E-state index in [0.717, 1.165) is 24.6 Å². The number of rotatable bonds is 5. The van der Waals surface area contributed by atoms with E-state index < -0.39 is 0 Å². The van der Waals surface area contributed by atoms with Gasteiger partial charge in [0.2, 0.25) is 0 Å². The number of aliphatic hydroxyl groups is 1. The van der Waals surface area contributed by atoms with E-state index in [0.29, 0.717) is 0 Å². The van der Waals surface area contributed by atoms with Crippen LogP contribution in [0.1, 0.15) is 61.3 Å². The summed E-state index contributed by atoms with van der Waals surface area (Å²) in [5.41, 5.74) is 3.62. The number of hydrogen-bond acceptors (Lipinski definition) is 2. The first-order valence-electron chi connectivity index (χ1n) is 8.03. The summed E-state index contributed by atoms with van der Waals surface area (Å²) in [5.74, 6) is 0. The molecule has 1 N–H and O–H groups in total. The Morgan fingerprint density at radius 3 is 2.50 bits per heavy atom. The van der Waals surface area contributed by atoms with Crippen LogP contribution in [0.5, 0.6) is 0 Å². The van der Waals surface area contributed by atoms with Crippen molar-refractivity contribution in [2.75, 3.05) is 13.6 Å². The van der Waals surface area contributed by atoms with Crippen LogP contribution in [0.15, 0.2) is 18.2 Å². The zero-order valence-electron chi connectivity index (χ0n) is 13.2. The molecule has 0 spiro atoms. The number of aryl methyl sites for hydroxylation is 2. The minimum absolute atomic E-state index is 0.333. The first kappa shape index (κ1) is 15.5. The van der Waals surface area contributed by atoms with Gasteiger partial charge in [0.25, 0.3) is 0 Å². The normalized spacial score (nSPS) is 18.4. The molecule has 1 fully saturated rings. The van der Waals surface area contributed by atoms with Gasteiger partial charge in [0, 0.05) is 12.6 Å². The molecule has 1 aliphatic rings. The van der Waals surface area contributed by atoms with Gasteiger partial charge >= 0.3 is 0 Å². The van der Waals surface area contributed by atoms with Crippen LogP contribution >= 0.6 is 0 Å². The molecule has 1 atom stereocenters. The van der Waals surface area contributed by atoms with Crippen molar-refractivity contribution in [1.29, 1.82) is 0 Å². The van der Waals surface area contributed by atoms with Crippen LogP contribution < -0.4 is 0 Å². The molecule has 112 valence electrons. The van der Waals surface area contributed by atoms with E-state index in [2.05, 4.69) is 44.0 Å². The fourth-order valence-electron chi connectivity index (χ4n) is 3.17. The van der Waals surface area contributed by atoms with Gasteiger partial charge in [-0.3, -0.25) is 0 Å². The average Bonchev–Trinajstić information content (AvgIpc) is 2.48. The van der Waals surface area contributed by atoms with Gasteiger partial charge in [-0.15, -0.1) is 0 Å². The quantitative estimate of drug-likeness (QED) is 0.878. The maximum absolute atomic E-state index is 10.4. The third kappa shape index (κ3) is 4.07. The standard InChI is InChI=1S/C18H29NO/c1-14-9-10-16(13-15(14)2)18(20)11-12-19(3)17-7-5-4-6-8-17/h9-10,13,17-18,20H,4-8,11-12H2,1-3H3. The summed E-state index contributed by atoms with van der Waals surface area (Å²) in [6.45, 7) is 5.21. The van der Waals surface area contributed by atoms with E-state index in [1.807, 2.05) is 0 Å². The average molecular weight is 275 g/mol. The zero-order valence-corrected chi connectivity index (χ0v) is 13.2. The summed E-state index contributed by atoms with van der Waals surface area (Å²) in [5, 5.41) is 10.4. The van der Waals surface area contributed by atoms with Crippen molar-refractivity contribution in [3.8, 4) is 0 Å². The first-order valence-corrected chi connectivity index (χ1v) is 8.03. The Balaban J connectivity index is 1.84. The molecule has 0 radical (unpaired) electrons. The smallest absolute Gasteiger partial charge is 0.0802 e. The Morgan fingerprint density at radius 1 is 1.15 bits per heavy atom. The van der Waals surface area contributed by atoms with Crippen LogP contribution in [0, 0.1) is 13.8 Å². The SMILES string of the molecule is Cc1ccc(C(O)CCN(C)C2CCCCC2)cc1C. The van der Waals surface area contributed by atoms with Crippen LogP contribution in [-0.4, -0.2) is 29.6 Å². The molecule has 1 saturated carbocycles. The van der Waals surface area contributed by atoms with Crippen LogP contribution in [-0.2, 0) is 0 Å². The highest BCUT2D eigenvalue weighted by atomic mass is 16.3. The molecule has 1 unspecified atom stereocenters. The van der Waals surface area contributed by atoms with E-state index in [1.54, 1.807) is 0 Å². The Hall–Kier alpha value is -0.860. The van der Waals surface area contributed by atoms with Crippen molar-refractivity contribution < 1.29 is 5.11 Å². The van der Waals surface area contributed by atoms with Crippen LogP contribution in [0.3, 0.4) is 0 Å². The predicted molar refractivity (Wildman–Crippen MR) is 85.0 cm³/mol. The predicted octanol–water partition coefficient (Wildman–Crippen LogP) is 3.99. The Labute approximate surface area is 123 Å². The van der Waals surface area contributed by atoms with E-state index in [4.69, 9.17) is 0 Å². The molecule has 0 bridgehead atoms. The maximum Gasteiger partial charge on any atom is 0.0802 e. The van der Waals surface area contributed by atoms with Crippen molar-refractivity contribution in [3.05, 3.63) is 34.9 Å². The molecule has 0 aromatic heterocycles. The van der Waals surface area contributed by atoms with E-state index in [9.17, 15) is 5.11 Å². The van der Waals surface area contributed by atoms with Crippen LogP contribution in [0.25, 0.3) is 0 Å². The highest BCUT2D eigenvalue weighted by molar-refractivity contribution is 5.31. The highest BCUT2D eigenvalue weighted by Gasteiger charge is 2.18. The molecule has 1 aliphatic carbocycles. The number of nitrogens with zero attached hydrogens (tertiary/aromatic N) is 1.